The smallest absolute Gasteiger partial charge is 0.0645 e. The molecule has 0 aromatic heterocycles. The van der Waals surface area contributed by atoms with Crippen molar-refractivity contribution in [2.24, 2.45) is 5.73 Å². The van der Waals surface area contributed by atoms with E-state index in [0.29, 0.717) is 0 Å². The molecule has 0 aromatic carbocycles. The number of rotatable bonds is 4. The fraction of sp³-hybridized carbons (Fsp3) is 1.00. The molecule has 3 heteroatoms. The van der Waals surface area contributed by atoms with E-state index in [4.69, 9.17) is 10.5 Å². The number of nitrogens with two attached hydrogens (primary N) is 1. The van der Waals surface area contributed by atoms with Crippen molar-refractivity contribution in [3.63, 3.8) is 0 Å². The second kappa shape index (κ2) is 4.60. The minimum absolute atomic E-state index is 0.0706. The number of hydrogen-bond donors (Lipinski definition) is 2. The Morgan fingerprint density at radius 1 is 1.50 bits per heavy atom. The van der Waals surface area contributed by atoms with Crippen LogP contribution in [0.1, 0.15) is 40.0 Å². The van der Waals surface area contributed by atoms with Crippen LogP contribution in [0.5, 0.6) is 0 Å². The second-order valence-electron chi connectivity index (χ2n) is 5.38. The topological polar surface area (TPSA) is 47.3 Å². The van der Waals surface area contributed by atoms with Crippen molar-refractivity contribution in [2.45, 2.75) is 51.1 Å². The fourth-order valence-corrected chi connectivity index (χ4v) is 1.76. The minimum Gasteiger partial charge on any atom is -0.380 e. The molecule has 0 spiro atoms. The summed E-state index contributed by atoms with van der Waals surface area (Å²) in [6.07, 6.45) is 3.37. The second-order valence-corrected chi connectivity index (χ2v) is 5.38. The van der Waals surface area contributed by atoms with E-state index < -0.39 is 0 Å². The Morgan fingerprint density at radius 2 is 2.21 bits per heavy atom. The summed E-state index contributed by atoms with van der Waals surface area (Å²) >= 11 is 0. The average Bonchev–Trinajstić information content (AvgIpc) is 2.02. The molecule has 1 rings (SSSR count). The zero-order valence-electron chi connectivity index (χ0n) is 9.73. The summed E-state index contributed by atoms with van der Waals surface area (Å²) in [5.41, 5.74) is 6.02. The highest BCUT2D eigenvalue weighted by atomic mass is 16.5. The first-order valence-electron chi connectivity index (χ1n) is 5.53. The maximum Gasteiger partial charge on any atom is 0.0645 e. The maximum absolute atomic E-state index is 5.92. The lowest BCUT2D eigenvalue weighted by Crippen LogP contribution is -2.50. The molecule has 0 saturated carbocycles. The first-order valence-corrected chi connectivity index (χ1v) is 5.53. The zero-order valence-corrected chi connectivity index (χ0v) is 9.73. The van der Waals surface area contributed by atoms with Crippen molar-refractivity contribution in [3.05, 3.63) is 0 Å². The SMILES string of the molecule is CC(C)(N)CCNC1(C)CCCOC1. The molecular weight excluding hydrogens is 176 g/mol. The van der Waals surface area contributed by atoms with Crippen molar-refractivity contribution in [2.75, 3.05) is 19.8 Å². The van der Waals surface area contributed by atoms with Crippen molar-refractivity contribution >= 4 is 0 Å². The van der Waals surface area contributed by atoms with Gasteiger partial charge in [0.1, 0.15) is 0 Å². The lowest BCUT2D eigenvalue weighted by molar-refractivity contribution is 0.0281. The monoisotopic (exact) mass is 200 g/mol. The molecular formula is C11H24N2O. The van der Waals surface area contributed by atoms with Gasteiger partial charge in [-0.25, -0.2) is 0 Å². The van der Waals surface area contributed by atoms with Gasteiger partial charge in [0, 0.05) is 17.7 Å². The molecule has 84 valence electrons. The standard InChI is InChI=1S/C11H24N2O/c1-10(2,12)6-7-13-11(3)5-4-8-14-9-11/h13H,4-9,12H2,1-3H3. The van der Waals surface area contributed by atoms with Gasteiger partial charge in [0.25, 0.3) is 0 Å². The molecule has 3 nitrogen and oxygen atoms in total. The van der Waals surface area contributed by atoms with Crippen LogP contribution in [0.4, 0.5) is 0 Å². The largest absolute Gasteiger partial charge is 0.380 e. The Kier molecular flexibility index (Phi) is 3.93. The third-order valence-electron chi connectivity index (χ3n) is 2.76. The summed E-state index contributed by atoms with van der Waals surface area (Å²) in [7, 11) is 0. The highest BCUT2D eigenvalue weighted by Crippen LogP contribution is 2.18. The normalized spacial score (nSPS) is 29.1. The van der Waals surface area contributed by atoms with Gasteiger partial charge in [0.15, 0.2) is 0 Å². The Hall–Kier alpha value is -0.120. The van der Waals surface area contributed by atoms with E-state index in [0.717, 1.165) is 32.6 Å². The van der Waals surface area contributed by atoms with Crippen LogP contribution in [-0.2, 0) is 4.74 Å². The molecule has 0 amide bonds. The molecule has 0 aliphatic carbocycles. The lowest BCUT2D eigenvalue weighted by Gasteiger charge is -2.35. The molecule has 1 fully saturated rings. The first kappa shape index (κ1) is 12.0. The van der Waals surface area contributed by atoms with Crippen LogP contribution >= 0.6 is 0 Å². The Balaban J connectivity index is 2.22. The van der Waals surface area contributed by atoms with Crippen LogP contribution in [0, 0.1) is 0 Å². The molecule has 1 aliphatic rings. The minimum atomic E-state index is -0.0706. The van der Waals surface area contributed by atoms with Gasteiger partial charge >= 0.3 is 0 Å². The van der Waals surface area contributed by atoms with E-state index in [1.165, 1.54) is 6.42 Å². The van der Waals surface area contributed by atoms with Gasteiger partial charge in [0.05, 0.1) is 6.61 Å². The third kappa shape index (κ3) is 4.40. The summed E-state index contributed by atoms with van der Waals surface area (Å²) in [5, 5.41) is 3.55. The lowest BCUT2D eigenvalue weighted by atomic mass is 9.94. The van der Waals surface area contributed by atoms with Crippen LogP contribution < -0.4 is 11.1 Å². The van der Waals surface area contributed by atoms with Crippen LogP contribution in [0.15, 0.2) is 0 Å². The molecule has 1 heterocycles. The predicted octanol–water partition coefficient (Wildman–Crippen LogP) is 1.27. The summed E-state index contributed by atoms with van der Waals surface area (Å²) in [5.74, 6) is 0. The van der Waals surface area contributed by atoms with Crippen molar-refractivity contribution < 1.29 is 4.74 Å². The molecule has 3 N–H and O–H groups in total. The van der Waals surface area contributed by atoms with Gasteiger partial charge < -0.3 is 15.8 Å². The number of nitrogens with one attached hydrogen (secondary N) is 1. The van der Waals surface area contributed by atoms with Gasteiger partial charge in [-0.3, -0.25) is 0 Å². The van der Waals surface area contributed by atoms with E-state index in [1.54, 1.807) is 0 Å². The number of ether oxygens (including phenoxy) is 1. The first-order chi connectivity index (χ1) is 6.41. The molecule has 0 aromatic rings. The van der Waals surface area contributed by atoms with Gasteiger partial charge in [-0.15, -0.1) is 0 Å². The van der Waals surface area contributed by atoms with Gasteiger partial charge in [-0.1, -0.05) is 0 Å². The van der Waals surface area contributed by atoms with Gasteiger partial charge in [-0.05, 0) is 46.6 Å². The van der Waals surface area contributed by atoms with Crippen molar-refractivity contribution in [1.29, 1.82) is 0 Å². The molecule has 14 heavy (non-hydrogen) atoms. The summed E-state index contributed by atoms with van der Waals surface area (Å²) < 4.78 is 5.47. The van der Waals surface area contributed by atoms with E-state index >= 15 is 0 Å². The van der Waals surface area contributed by atoms with Crippen LogP contribution in [0.25, 0.3) is 0 Å². The van der Waals surface area contributed by atoms with Crippen LogP contribution in [0.3, 0.4) is 0 Å². The van der Waals surface area contributed by atoms with Crippen molar-refractivity contribution in [1.82, 2.24) is 5.32 Å². The van der Waals surface area contributed by atoms with E-state index in [-0.39, 0.29) is 11.1 Å². The van der Waals surface area contributed by atoms with Crippen molar-refractivity contribution in [3.8, 4) is 0 Å². The highest BCUT2D eigenvalue weighted by molar-refractivity contribution is 4.86. The Labute approximate surface area is 87.4 Å². The fourth-order valence-electron chi connectivity index (χ4n) is 1.76. The molecule has 1 aliphatic heterocycles. The van der Waals surface area contributed by atoms with Gasteiger partial charge in [-0.2, -0.15) is 0 Å². The molecule has 0 bridgehead atoms. The highest BCUT2D eigenvalue weighted by Gasteiger charge is 2.27. The maximum atomic E-state index is 5.92. The third-order valence-corrected chi connectivity index (χ3v) is 2.76. The van der Waals surface area contributed by atoms with Gasteiger partial charge in [0.2, 0.25) is 0 Å². The zero-order chi connectivity index (χ0) is 10.7. The molecule has 1 atom stereocenters. The molecule has 1 unspecified atom stereocenters. The van der Waals surface area contributed by atoms with Crippen LogP contribution in [0.2, 0.25) is 0 Å². The summed E-state index contributed by atoms with van der Waals surface area (Å²) in [4.78, 5) is 0. The number of hydrogen-bond acceptors (Lipinski definition) is 3. The van der Waals surface area contributed by atoms with E-state index in [1.807, 2.05) is 0 Å². The van der Waals surface area contributed by atoms with E-state index in [9.17, 15) is 0 Å². The van der Waals surface area contributed by atoms with E-state index in [2.05, 4.69) is 26.1 Å². The average molecular weight is 200 g/mol. The quantitative estimate of drug-likeness (QED) is 0.718. The molecule has 1 saturated heterocycles. The Morgan fingerprint density at radius 3 is 2.71 bits per heavy atom. The predicted molar refractivity (Wildman–Crippen MR) is 59.3 cm³/mol. The summed E-state index contributed by atoms with van der Waals surface area (Å²) in [6, 6.07) is 0. The molecule has 0 radical (unpaired) electrons. The summed E-state index contributed by atoms with van der Waals surface area (Å²) in [6.45, 7) is 9.08. The van der Waals surface area contributed by atoms with Crippen LogP contribution in [-0.4, -0.2) is 30.8 Å². The Bertz CT molecular complexity index is 169.